The summed E-state index contributed by atoms with van der Waals surface area (Å²) in [6.07, 6.45) is 3.92. The number of rotatable bonds is 0. The third-order valence-corrected chi connectivity index (χ3v) is 4.82. The summed E-state index contributed by atoms with van der Waals surface area (Å²) >= 11 is 0. The molecule has 114 valence electrons. The van der Waals surface area contributed by atoms with Crippen molar-refractivity contribution in [2.45, 2.75) is 6.42 Å². The van der Waals surface area contributed by atoms with Crippen LogP contribution in [0.15, 0.2) is 18.2 Å². The SMILES string of the molecule is CN1CCc2cc3c(c4c5c(cc1c24)C=CC(=O)C5=O)OCO3. The molecule has 23 heavy (non-hydrogen) atoms. The molecule has 5 nitrogen and oxygen atoms in total. The number of nitrogens with zero attached hydrogens (tertiary/aromatic N) is 1. The molecule has 2 aromatic rings. The highest BCUT2D eigenvalue weighted by Gasteiger charge is 2.32. The first kappa shape index (κ1) is 12.7. The Labute approximate surface area is 132 Å². The number of benzene rings is 2. The van der Waals surface area contributed by atoms with Gasteiger partial charge in [0.15, 0.2) is 11.5 Å². The standard InChI is InChI=1S/C18H13NO4/c1-19-5-4-10-7-13-18(23-8-22-13)16-14(10)11(19)6-9-2-3-12(20)17(21)15(9)16/h2-3,6-7H,4-5,8H2,1H3. The van der Waals surface area contributed by atoms with Gasteiger partial charge < -0.3 is 14.4 Å². The number of likely N-dealkylation sites (N-methyl/N-ethyl adjacent to an activating group) is 1. The maximum absolute atomic E-state index is 12.5. The highest BCUT2D eigenvalue weighted by atomic mass is 16.7. The minimum absolute atomic E-state index is 0.140. The zero-order chi connectivity index (χ0) is 15.7. The molecule has 0 saturated carbocycles. The predicted octanol–water partition coefficient (Wildman–Crippen LogP) is 2.34. The van der Waals surface area contributed by atoms with Gasteiger partial charge in [0, 0.05) is 35.6 Å². The van der Waals surface area contributed by atoms with Crippen LogP contribution in [0.5, 0.6) is 11.5 Å². The third kappa shape index (κ3) is 1.51. The summed E-state index contributed by atoms with van der Waals surface area (Å²) in [4.78, 5) is 26.6. The Bertz CT molecular complexity index is 958. The minimum atomic E-state index is -0.491. The first-order chi connectivity index (χ1) is 11.1. The number of hydrogen-bond donors (Lipinski definition) is 0. The number of anilines is 1. The number of hydrogen-bond acceptors (Lipinski definition) is 5. The summed E-state index contributed by atoms with van der Waals surface area (Å²) in [7, 11) is 2.04. The summed E-state index contributed by atoms with van der Waals surface area (Å²) in [5.41, 5.74) is 3.40. The molecule has 0 radical (unpaired) electrons. The highest BCUT2D eigenvalue weighted by molar-refractivity contribution is 6.52. The van der Waals surface area contributed by atoms with Crippen molar-refractivity contribution in [1.29, 1.82) is 0 Å². The fourth-order valence-corrected chi connectivity index (χ4v) is 3.71. The Morgan fingerprint density at radius 2 is 1.96 bits per heavy atom. The Kier molecular flexibility index (Phi) is 2.28. The van der Waals surface area contributed by atoms with Gasteiger partial charge in [-0.1, -0.05) is 6.08 Å². The molecule has 0 N–H and O–H groups in total. The van der Waals surface area contributed by atoms with Gasteiger partial charge in [-0.15, -0.1) is 0 Å². The van der Waals surface area contributed by atoms with Crippen LogP contribution in [0.1, 0.15) is 21.5 Å². The topological polar surface area (TPSA) is 55.8 Å². The van der Waals surface area contributed by atoms with Gasteiger partial charge >= 0.3 is 0 Å². The van der Waals surface area contributed by atoms with Crippen molar-refractivity contribution in [3.63, 3.8) is 0 Å². The van der Waals surface area contributed by atoms with Crippen molar-refractivity contribution >= 4 is 34.1 Å². The number of Topliss-reactive ketones (excluding diaryl/α,β-unsaturated/α-hetero) is 1. The molecule has 0 bridgehead atoms. The molecule has 2 heterocycles. The van der Waals surface area contributed by atoms with Crippen LogP contribution in [0.2, 0.25) is 0 Å². The lowest BCUT2D eigenvalue weighted by Gasteiger charge is -2.30. The minimum Gasteiger partial charge on any atom is -0.454 e. The van der Waals surface area contributed by atoms with Gasteiger partial charge in [-0.05, 0) is 35.8 Å². The van der Waals surface area contributed by atoms with Crippen LogP contribution in [-0.2, 0) is 11.2 Å². The number of allylic oxidation sites excluding steroid dienone is 1. The van der Waals surface area contributed by atoms with Crippen molar-refractivity contribution in [3.05, 3.63) is 34.9 Å². The monoisotopic (exact) mass is 307 g/mol. The molecule has 0 spiro atoms. The summed E-state index contributed by atoms with van der Waals surface area (Å²) < 4.78 is 11.2. The molecule has 0 fully saturated rings. The van der Waals surface area contributed by atoms with Gasteiger partial charge in [-0.3, -0.25) is 9.59 Å². The van der Waals surface area contributed by atoms with Gasteiger partial charge in [0.25, 0.3) is 0 Å². The third-order valence-electron chi connectivity index (χ3n) is 4.82. The van der Waals surface area contributed by atoms with Gasteiger partial charge in [0.2, 0.25) is 18.4 Å². The van der Waals surface area contributed by atoms with Gasteiger partial charge in [0.1, 0.15) is 0 Å². The number of carbonyl (C=O) groups excluding carboxylic acids is 2. The van der Waals surface area contributed by atoms with Gasteiger partial charge in [-0.25, -0.2) is 0 Å². The van der Waals surface area contributed by atoms with E-state index in [9.17, 15) is 9.59 Å². The van der Waals surface area contributed by atoms with Crippen LogP contribution >= 0.6 is 0 Å². The number of ether oxygens (including phenoxy) is 2. The average molecular weight is 307 g/mol. The Hall–Kier alpha value is -2.82. The molecule has 0 amide bonds. The van der Waals surface area contributed by atoms with Crippen LogP contribution in [0.4, 0.5) is 5.69 Å². The normalized spacial score (nSPS) is 17.9. The van der Waals surface area contributed by atoms with E-state index >= 15 is 0 Å². The summed E-state index contributed by atoms with van der Waals surface area (Å²) in [6.45, 7) is 1.04. The molecule has 2 aromatic carbocycles. The Morgan fingerprint density at radius 3 is 2.83 bits per heavy atom. The van der Waals surface area contributed by atoms with Crippen molar-refractivity contribution in [3.8, 4) is 11.5 Å². The summed E-state index contributed by atoms with van der Waals surface area (Å²) in [5, 5.41) is 1.72. The fraction of sp³-hybridized carbons (Fsp3) is 0.222. The van der Waals surface area contributed by atoms with E-state index in [1.807, 2.05) is 19.2 Å². The Balaban J connectivity index is 2.02. The highest BCUT2D eigenvalue weighted by Crippen LogP contribution is 2.49. The molecule has 1 aliphatic carbocycles. The molecule has 0 aromatic heterocycles. The van der Waals surface area contributed by atoms with Crippen LogP contribution in [-0.4, -0.2) is 32.0 Å². The molecule has 3 aliphatic rings. The summed E-state index contributed by atoms with van der Waals surface area (Å²) in [5.74, 6) is 0.270. The average Bonchev–Trinajstić information content (AvgIpc) is 3.02. The molecular formula is C18H13NO4. The van der Waals surface area contributed by atoms with Crippen LogP contribution in [0.25, 0.3) is 16.8 Å². The lowest BCUT2D eigenvalue weighted by atomic mass is 9.85. The molecule has 5 heteroatoms. The van der Waals surface area contributed by atoms with Crippen molar-refractivity contribution in [2.24, 2.45) is 0 Å². The number of fused-ring (bicyclic) bond motifs is 4. The Morgan fingerprint density at radius 1 is 1.09 bits per heavy atom. The second-order valence-corrected chi connectivity index (χ2v) is 6.08. The van der Waals surface area contributed by atoms with E-state index in [0.29, 0.717) is 17.1 Å². The van der Waals surface area contributed by atoms with Crippen LogP contribution in [0.3, 0.4) is 0 Å². The molecule has 0 unspecified atom stereocenters. The molecule has 2 aliphatic heterocycles. The predicted molar refractivity (Wildman–Crippen MR) is 85.4 cm³/mol. The number of carbonyl (C=O) groups is 2. The first-order valence-electron chi connectivity index (χ1n) is 7.55. The zero-order valence-electron chi connectivity index (χ0n) is 12.5. The van der Waals surface area contributed by atoms with E-state index in [1.165, 1.54) is 6.08 Å². The van der Waals surface area contributed by atoms with Crippen molar-refractivity contribution in [1.82, 2.24) is 0 Å². The molecular weight excluding hydrogens is 294 g/mol. The van der Waals surface area contributed by atoms with E-state index < -0.39 is 11.6 Å². The largest absolute Gasteiger partial charge is 0.454 e. The van der Waals surface area contributed by atoms with Crippen molar-refractivity contribution in [2.75, 3.05) is 25.3 Å². The van der Waals surface area contributed by atoms with Crippen LogP contribution in [0, 0.1) is 0 Å². The van der Waals surface area contributed by atoms with Gasteiger partial charge in [0.05, 0.1) is 0 Å². The summed E-state index contributed by atoms with van der Waals surface area (Å²) in [6, 6.07) is 3.99. The first-order valence-corrected chi connectivity index (χ1v) is 7.55. The van der Waals surface area contributed by atoms with E-state index in [2.05, 4.69) is 4.90 Å². The van der Waals surface area contributed by atoms with Crippen LogP contribution < -0.4 is 14.4 Å². The molecule has 0 atom stereocenters. The van der Waals surface area contributed by atoms with E-state index in [-0.39, 0.29) is 6.79 Å². The zero-order valence-corrected chi connectivity index (χ0v) is 12.5. The second kappa shape index (κ2) is 4.13. The van der Waals surface area contributed by atoms with E-state index in [4.69, 9.17) is 9.47 Å². The molecule has 0 saturated heterocycles. The smallest absolute Gasteiger partial charge is 0.234 e. The maximum Gasteiger partial charge on any atom is 0.234 e. The molecule has 5 rings (SSSR count). The van der Waals surface area contributed by atoms with E-state index in [0.717, 1.165) is 40.6 Å². The quantitative estimate of drug-likeness (QED) is 0.699. The van der Waals surface area contributed by atoms with Crippen molar-refractivity contribution < 1.29 is 19.1 Å². The van der Waals surface area contributed by atoms with E-state index in [1.54, 1.807) is 6.08 Å². The fourth-order valence-electron chi connectivity index (χ4n) is 3.71. The van der Waals surface area contributed by atoms with Gasteiger partial charge in [-0.2, -0.15) is 0 Å². The number of ketones is 2. The lowest BCUT2D eigenvalue weighted by Crippen LogP contribution is -2.26. The maximum atomic E-state index is 12.5. The lowest BCUT2D eigenvalue weighted by molar-refractivity contribution is -0.110. The second-order valence-electron chi connectivity index (χ2n) is 6.08.